The highest BCUT2D eigenvalue weighted by molar-refractivity contribution is 5.82. The number of rotatable bonds is 2. The van der Waals surface area contributed by atoms with E-state index in [1.165, 1.54) is 0 Å². The molecule has 0 aromatic carbocycles. The van der Waals surface area contributed by atoms with Gasteiger partial charge in [-0.25, -0.2) is 4.98 Å². The number of amides is 1. The Balaban J connectivity index is 1.95. The number of carbonyl (C=O) groups excluding carboxylic acids is 1. The van der Waals surface area contributed by atoms with Gasteiger partial charge in [-0.2, -0.15) is 0 Å². The number of nitrogens with one attached hydrogen (secondary N) is 2. The fraction of sp³-hybridized carbons (Fsp3) is 0.500. The molecular formula is C12H16N6O. The molecule has 1 unspecified atom stereocenters. The van der Waals surface area contributed by atoms with Gasteiger partial charge in [0.2, 0.25) is 5.91 Å². The molecule has 7 heteroatoms. The van der Waals surface area contributed by atoms with Gasteiger partial charge >= 0.3 is 0 Å². The van der Waals surface area contributed by atoms with Crippen LogP contribution in [-0.2, 0) is 11.2 Å². The van der Waals surface area contributed by atoms with Gasteiger partial charge in [-0.1, -0.05) is 0 Å². The molecule has 2 aromatic rings. The van der Waals surface area contributed by atoms with Crippen LogP contribution in [0.25, 0.3) is 5.78 Å². The minimum Gasteiger partial charge on any atom is -0.353 e. The predicted molar refractivity (Wildman–Crippen MR) is 68.8 cm³/mol. The Morgan fingerprint density at radius 3 is 3.00 bits per heavy atom. The first-order valence-corrected chi connectivity index (χ1v) is 6.34. The molecule has 2 N–H and O–H groups in total. The molecule has 0 saturated carbocycles. The summed E-state index contributed by atoms with van der Waals surface area (Å²) in [6.07, 6.45) is 0.512. The summed E-state index contributed by atoms with van der Waals surface area (Å²) in [6.45, 7) is 5.37. The molecule has 0 spiro atoms. The number of aryl methyl sites for hydroxylation is 2. The lowest BCUT2D eigenvalue weighted by molar-refractivity contribution is -0.124. The molecular weight excluding hydrogens is 244 g/mol. The van der Waals surface area contributed by atoms with Crippen LogP contribution in [-0.4, -0.2) is 44.6 Å². The second-order valence-electron chi connectivity index (χ2n) is 4.79. The molecule has 7 nitrogen and oxygen atoms in total. The summed E-state index contributed by atoms with van der Waals surface area (Å²) in [5, 5.41) is 14.3. The summed E-state index contributed by atoms with van der Waals surface area (Å²) in [6, 6.07) is 1.73. The number of carbonyl (C=O) groups is 1. The van der Waals surface area contributed by atoms with Crippen molar-refractivity contribution in [2.24, 2.45) is 0 Å². The van der Waals surface area contributed by atoms with Crippen molar-refractivity contribution in [3.05, 3.63) is 23.3 Å². The van der Waals surface area contributed by atoms with Gasteiger partial charge in [-0.3, -0.25) is 9.20 Å². The molecule has 1 fully saturated rings. The highest BCUT2D eigenvalue weighted by Crippen LogP contribution is 2.10. The second kappa shape index (κ2) is 4.58. The van der Waals surface area contributed by atoms with E-state index in [0.717, 1.165) is 23.8 Å². The van der Waals surface area contributed by atoms with Crippen molar-refractivity contribution in [3.63, 3.8) is 0 Å². The Labute approximate surface area is 110 Å². The Morgan fingerprint density at radius 2 is 2.21 bits per heavy atom. The topological polar surface area (TPSA) is 84.2 Å². The van der Waals surface area contributed by atoms with Crippen LogP contribution < -0.4 is 10.6 Å². The predicted octanol–water partition coefficient (Wildman–Crippen LogP) is -0.628. The molecule has 19 heavy (non-hydrogen) atoms. The van der Waals surface area contributed by atoms with Crippen LogP contribution in [0.15, 0.2) is 6.07 Å². The quantitative estimate of drug-likeness (QED) is 0.751. The standard InChI is InChI=1S/C12H16N6O/c1-7-5-8(2)18-10(16-17-12(18)15-7)6-9-11(19)14-4-3-13-9/h5,9,13H,3-4,6H2,1-2H3,(H,14,19). The molecule has 0 bridgehead atoms. The van der Waals surface area contributed by atoms with E-state index < -0.39 is 0 Å². The van der Waals surface area contributed by atoms with Crippen LogP contribution in [0.5, 0.6) is 0 Å². The summed E-state index contributed by atoms with van der Waals surface area (Å²) in [7, 11) is 0. The first-order valence-electron chi connectivity index (χ1n) is 6.34. The number of fused-ring (bicyclic) bond motifs is 1. The SMILES string of the molecule is Cc1cc(C)n2c(CC3NCCNC3=O)nnc2n1. The van der Waals surface area contributed by atoms with Crippen LogP contribution in [0, 0.1) is 13.8 Å². The fourth-order valence-corrected chi connectivity index (χ4v) is 2.43. The Hall–Kier alpha value is -2.02. The van der Waals surface area contributed by atoms with Crippen molar-refractivity contribution in [2.75, 3.05) is 13.1 Å². The number of hydrogen-bond donors (Lipinski definition) is 2. The molecule has 3 heterocycles. The summed E-state index contributed by atoms with van der Waals surface area (Å²) in [4.78, 5) is 16.1. The Morgan fingerprint density at radius 1 is 1.37 bits per heavy atom. The van der Waals surface area contributed by atoms with E-state index in [9.17, 15) is 4.79 Å². The molecule has 0 radical (unpaired) electrons. The minimum absolute atomic E-state index is 0.0146. The van der Waals surface area contributed by atoms with Crippen molar-refractivity contribution in [1.29, 1.82) is 0 Å². The van der Waals surface area contributed by atoms with Gasteiger partial charge in [0, 0.05) is 30.9 Å². The van der Waals surface area contributed by atoms with E-state index in [2.05, 4.69) is 25.8 Å². The van der Waals surface area contributed by atoms with Crippen LogP contribution >= 0.6 is 0 Å². The zero-order chi connectivity index (χ0) is 13.4. The third kappa shape index (κ3) is 2.17. The Bertz CT molecular complexity index is 634. The van der Waals surface area contributed by atoms with Crippen LogP contribution in [0.4, 0.5) is 0 Å². The highest BCUT2D eigenvalue weighted by atomic mass is 16.2. The molecule has 1 amide bonds. The lowest BCUT2D eigenvalue weighted by atomic mass is 10.1. The van der Waals surface area contributed by atoms with Gasteiger partial charge in [0.1, 0.15) is 5.82 Å². The highest BCUT2D eigenvalue weighted by Gasteiger charge is 2.24. The van der Waals surface area contributed by atoms with E-state index in [1.807, 2.05) is 24.3 Å². The molecule has 3 rings (SSSR count). The van der Waals surface area contributed by atoms with E-state index in [1.54, 1.807) is 0 Å². The minimum atomic E-state index is -0.248. The van der Waals surface area contributed by atoms with Crippen LogP contribution in [0.3, 0.4) is 0 Å². The largest absolute Gasteiger partial charge is 0.353 e. The maximum absolute atomic E-state index is 11.7. The summed E-state index contributed by atoms with van der Waals surface area (Å²) in [5.41, 5.74) is 1.94. The molecule has 0 aliphatic carbocycles. The number of piperazine rings is 1. The molecule has 1 aliphatic heterocycles. The van der Waals surface area contributed by atoms with Gasteiger partial charge in [-0.15, -0.1) is 10.2 Å². The molecule has 1 aliphatic rings. The number of nitrogens with zero attached hydrogens (tertiary/aromatic N) is 4. The van der Waals surface area contributed by atoms with Crippen molar-refractivity contribution >= 4 is 11.7 Å². The Kier molecular flexibility index (Phi) is 2.90. The lowest BCUT2D eigenvalue weighted by Gasteiger charge is -2.22. The summed E-state index contributed by atoms with van der Waals surface area (Å²) < 4.78 is 1.90. The van der Waals surface area contributed by atoms with Gasteiger partial charge in [0.05, 0.1) is 6.04 Å². The van der Waals surface area contributed by atoms with Gasteiger partial charge in [-0.05, 0) is 19.9 Å². The van der Waals surface area contributed by atoms with Gasteiger partial charge in [0.15, 0.2) is 0 Å². The van der Waals surface area contributed by atoms with Crippen LogP contribution in [0.2, 0.25) is 0 Å². The number of hydrogen-bond acceptors (Lipinski definition) is 5. The summed E-state index contributed by atoms with van der Waals surface area (Å²) >= 11 is 0. The molecule has 2 aromatic heterocycles. The van der Waals surface area contributed by atoms with E-state index in [0.29, 0.717) is 18.7 Å². The van der Waals surface area contributed by atoms with Gasteiger partial charge < -0.3 is 10.6 Å². The maximum Gasteiger partial charge on any atom is 0.255 e. The van der Waals surface area contributed by atoms with Crippen molar-refractivity contribution in [2.45, 2.75) is 26.3 Å². The van der Waals surface area contributed by atoms with E-state index >= 15 is 0 Å². The molecule has 1 atom stereocenters. The average Bonchev–Trinajstić information content (AvgIpc) is 2.75. The monoisotopic (exact) mass is 260 g/mol. The normalized spacial score (nSPS) is 19.7. The third-order valence-corrected chi connectivity index (χ3v) is 3.28. The van der Waals surface area contributed by atoms with Gasteiger partial charge in [0.25, 0.3) is 5.78 Å². The first-order chi connectivity index (χ1) is 9.15. The maximum atomic E-state index is 11.7. The van der Waals surface area contributed by atoms with Crippen LogP contribution in [0.1, 0.15) is 17.2 Å². The zero-order valence-corrected chi connectivity index (χ0v) is 11.0. The molecule has 100 valence electrons. The fourth-order valence-electron chi connectivity index (χ4n) is 2.43. The smallest absolute Gasteiger partial charge is 0.255 e. The average molecular weight is 260 g/mol. The second-order valence-corrected chi connectivity index (χ2v) is 4.79. The van der Waals surface area contributed by atoms with E-state index in [4.69, 9.17) is 0 Å². The summed E-state index contributed by atoms with van der Waals surface area (Å²) in [5.74, 6) is 1.36. The van der Waals surface area contributed by atoms with E-state index in [-0.39, 0.29) is 11.9 Å². The van der Waals surface area contributed by atoms with Crippen molar-refractivity contribution in [1.82, 2.24) is 30.2 Å². The zero-order valence-electron chi connectivity index (χ0n) is 11.0. The molecule has 1 saturated heterocycles. The lowest BCUT2D eigenvalue weighted by Crippen LogP contribution is -2.53. The first kappa shape index (κ1) is 12.0. The third-order valence-electron chi connectivity index (χ3n) is 3.28. The van der Waals surface area contributed by atoms with Crippen molar-refractivity contribution < 1.29 is 4.79 Å². The van der Waals surface area contributed by atoms with Crippen molar-refractivity contribution in [3.8, 4) is 0 Å². The number of aromatic nitrogens is 4.